The molecule has 1 aromatic carbocycles. The van der Waals surface area contributed by atoms with Gasteiger partial charge in [-0.1, -0.05) is 29.8 Å². The number of nitrogens with zero attached hydrogens (tertiary/aromatic N) is 2. The Hall–Kier alpha value is -2.67. The zero-order valence-electron chi connectivity index (χ0n) is 15.6. The summed E-state index contributed by atoms with van der Waals surface area (Å²) in [6.07, 6.45) is 2.68. The number of carboxylic acids is 1. The number of rotatable bonds is 7. The number of hydrogen-bond acceptors (Lipinski definition) is 5. The molecule has 1 saturated heterocycles. The molecule has 1 aliphatic rings. The van der Waals surface area contributed by atoms with Gasteiger partial charge in [0, 0.05) is 38.6 Å². The summed E-state index contributed by atoms with van der Waals surface area (Å²) in [5, 5.41) is 9.49. The number of likely N-dealkylation sites (tertiary alicyclic amines) is 1. The van der Waals surface area contributed by atoms with Gasteiger partial charge in [0.2, 0.25) is 5.91 Å². The van der Waals surface area contributed by atoms with Crippen LogP contribution in [0.25, 0.3) is 11.3 Å². The smallest absolute Gasteiger partial charge is 0.313 e. The van der Waals surface area contributed by atoms with Gasteiger partial charge in [0.05, 0.1) is 12.8 Å². The van der Waals surface area contributed by atoms with Crippen LogP contribution in [-0.2, 0) is 20.7 Å². The monoisotopic (exact) mass is 372 g/mol. The highest BCUT2D eigenvalue weighted by atomic mass is 16.5. The lowest BCUT2D eigenvalue weighted by atomic mass is 9.88. The SMILES string of the molecule is COCC1(C(=O)O)CCN(C(=O)CCc2ncc(-c3ccc(C)cc3)o2)C1. The molecule has 1 aliphatic heterocycles. The van der Waals surface area contributed by atoms with E-state index in [1.54, 1.807) is 11.1 Å². The number of benzene rings is 1. The zero-order valence-corrected chi connectivity index (χ0v) is 15.6. The van der Waals surface area contributed by atoms with E-state index in [-0.39, 0.29) is 25.5 Å². The van der Waals surface area contributed by atoms with Crippen LogP contribution in [0.15, 0.2) is 34.9 Å². The lowest BCUT2D eigenvalue weighted by Gasteiger charge is -2.23. The summed E-state index contributed by atoms with van der Waals surface area (Å²) in [6.45, 7) is 2.72. The summed E-state index contributed by atoms with van der Waals surface area (Å²) in [4.78, 5) is 29.9. The third-order valence-corrected chi connectivity index (χ3v) is 5.02. The van der Waals surface area contributed by atoms with Gasteiger partial charge < -0.3 is 19.2 Å². The molecule has 1 N–H and O–H groups in total. The fourth-order valence-electron chi connectivity index (χ4n) is 3.36. The predicted molar refractivity (Wildman–Crippen MR) is 98.1 cm³/mol. The Balaban J connectivity index is 1.57. The number of hydrogen-bond donors (Lipinski definition) is 1. The third-order valence-electron chi connectivity index (χ3n) is 5.02. The van der Waals surface area contributed by atoms with Crippen LogP contribution in [0.5, 0.6) is 0 Å². The van der Waals surface area contributed by atoms with Crippen LogP contribution >= 0.6 is 0 Å². The number of carbonyl (C=O) groups excluding carboxylic acids is 1. The van der Waals surface area contributed by atoms with Crippen molar-refractivity contribution in [3.8, 4) is 11.3 Å². The van der Waals surface area contributed by atoms with Crippen LogP contribution in [-0.4, -0.2) is 53.7 Å². The number of oxazole rings is 1. The lowest BCUT2D eigenvalue weighted by molar-refractivity contribution is -0.151. The molecule has 0 radical (unpaired) electrons. The standard InChI is InChI=1S/C20H24N2O5/c1-14-3-5-15(6-4-14)16-11-21-17(27-16)7-8-18(23)22-10-9-20(12-22,13-26-2)19(24)25/h3-6,11H,7-10,12-13H2,1-2H3,(H,24,25). The molecule has 1 aromatic heterocycles. The number of aromatic nitrogens is 1. The number of carbonyl (C=O) groups is 2. The van der Waals surface area contributed by atoms with Crippen LogP contribution in [0.4, 0.5) is 0 Å². The van der Waals surface area contributed by atoms with E-state index in [4.69, 9.17) is 9.15 Å². The summed E-state index contributed by atoms with van der Waals surface area (Å²) in [6, 6.07) is 7.94. The molecule has 1 fully saturated rings. The first-order valence-electron chi connectivity index (χ1n) is 8.95. The van der Waals surface area contributed by atoms with Crippen molar-refractivity contribution in [2.45, 2.75) is 26.2 Å². The van der Waals surface area contributed by atoms with Gasteiger partial charge in [-0.15, -0.1) is 0 Å². The zero-order chi connectivity index (χ0) is 19.4. The quantitative estimate of drug-likeness (QED) is 0.803. The summed E-state index contributed by atoms with van der Waals surface area (Å²) in [7, 11) is 1.48. The normalized spacial score (nSPS) is 19.4. The van der Waals surface area contributed by atoms with E-state index in [9.17, 15) is 14.7 Å². The van der Waals surface area contributed by atoms with Gasteiger partial charge in [0.25, 0.3) is 0 Å². The van der Waals surface area contributed by atoms with E-state index in [1.165, 1.54) is 12.7 Å². The molecule has 3 rings (SSSR count). The largest absolute Gasteiger partial charge is 0.481 e. The maximum absolute atomic E-state index is 12.5. The predicted octanol–water partition coefficient (Wildman–Crippen LogP) is 2.53. The van der Waals surface area contributed by atoms with E-state index >= 15 is 0 Å². The highest BCUT2D eigenvalue weighted by Crippen LogP contribution is 2.31. The Bertz CT molecular complexity index is 814. The first kappa shape index (κ1) is 19.1. The van der Waals surface area contributed by atoms with Crippen LogP contribution < -0.4 is 0 Å². The van der Waals surface area contributed by atoms with Gasteiger partial charge in [-0.25, -0.2) is 4.98 Å². The highest BCUT2D eigenvalue weighted by molar-refractivity contribution is 5.81. The molecule has 27 heavy (non-hydrogen) atoms. The number of amides is 1. The fraction of sp³-hybridized carbons (Fsp3) is 0.450. The van der Waals surface area contributed by atoms with Crippen LogP contribution in [0.1, 0.15) is 24.3 Å². The molecule has 0 saturated carbocycles. The van der Waals surface area contributed by atoms with Crippen LogP contribution in [0, 0.1) is 12.3 Å². The van der Waals surface area contributed by atoms with Crippen molar-refractivity contribution in [3.63, 3.8) is 0 Å². The highest BCUT2D eigenvalue weighted by Gasteiger charge is 2.46. The first-order chi connectivity index (χ1) is 12.9. The van der Waals surface area contributed by atoms with Gasteiger partial charge in [-0.3, -0.25) is 9.59 Å². The molecule has 2 heterocycles. The molecule has 0 aliphatic carbocycles. The topological polar surface area (TPSA) is 92.9 Å². The minimum atomic E-state index is -1.01. The summed E-state index contributed by atoms with van der Waals surface area (Å²) in [5.41, 5.74) is 1.10. The molecule has 7 nitrogen and oxygen atoms in total. The number of aliphatic carboxylic acids is 1. The second kappa shape index (κ2) is 7.92. The molecule has 2 aromatic rings. The minimum Gasteiger partial charge on any atom is -0.481 e. The Labute approximate surface area is 158 Å². The second-order valence-electron chi connectivity index (χ2n) is 7.07. The Morgan fingerprint density at radius 2 is 2.07 bits per heavy atom. The molecule has 1 atom stereocenters. The van der Waals surface area contributed by atoms with Crippen molar-refractivity contribution >= 4 is 11.9 Å². The summed E-state index contributed by atoms with van der Waals surface area (Å²) < 4.78 is 10.8. The maximum atomic E-state index is 12.5. The number of ether oxygens (including phenoxy) is 1. The fourth-order valence-corrected chi connectivity index (χ4v) is 3.36. The van der Waals surface area contributed by atoms with Crippen molar-refractivity contribution < 1.29 is 23.8 Å². The summed E-state index contributed by atoms with van der Waals surface area (Å²) in [5.74, 6) is 0.155. The van der Waals surface area contributed by atoms with Crippen molar-refractivity contribution in [3.05, 3.63) is 41.9 Å². The van der Waals surface area contributed by atoms with Gasteiger partial charge in [-0.2, -0.15) is 0 Å². The van der Waals surface area contributed by atoms with Crippen LogP contribution in [0.3, 0.4) is 0 Å². The average Bonchev–Trinajstić information content (AvgIpc) is 3.29. The van der Waals surface area contributed by atoms with Crippen molar-refractivity contribution in [2.24, 2.45) is 5.41 Å². The van der Waals surface area contributed by atoms with Crippen LogP contribution in [0.2, 0.25) is 0 Å². The molecule has 144 valence electrons. The van der Waals surface area contributed by atoms with Crippen molar-refractivity contribution in [1.82, 2.24) is 9.88 Å². The van der Waals surface area contributed by atoms with Gasteiger partial charge in [0.15, 0.2) is 11.7 Å². The maximum Gasteiger partial charge on any atom is 0.313 e. The van der Waals surface area contributed by atoms with E-state index in [0.29, 0.717) is 31.0 Å². The van der Waals surface area contributed by atoms with Crippen molar-refractivity contribution in [2.75, 3.05) is 26.8 Å². The average molecular weight is 372 g/mol. The van der Waals surface area contributed by atoms with Gasteiger partial charge >= 0.3 is 5.97 Å². The molecule has 1 unspecified atom stereocenters. The number of carboxylic acid groups (broad SMARTS) is 1. The minimum absolute atomic E-state index is 0.0932. The molecule has 7 heteroatoms. The Morgan fingerprint density at radius 1 is 1.33 bits per heavy atom. The van der Waals surface area contributed by atoms with Crippen molar-refractivity contribution in [1.29, 1.82) is 0 Å². The molecular formula is C20H24N2O5. The molecule has 1 amide bonds. The Morgan fingerprint density at radius 3 is 2.74 bits per heavy atom. The van der Waals surface area contributed by atoms with Gasteiger partial charge in [0.1, 0.15) is 5.41 Å². The molecular weight excluding hydrogens is 348 g/mol. The third kappa shape index (κ3) is 4.19. The number of methoxy groups -OCH3 is 1. The lowest BCUT2D eigenvalue weighted by Crippen LogP contribution is -2.40. The summed E-state index contributed by atoms with van der Waals surface area (Å²) >= 11 is 0. The molecule has 0 spiro atoms. The van der Waals surface area contributed by atoms with E-state index in [1.807, 2.05) is 31.2 Å². The van der Waals surface area contributed by atoms with E-state index in [2.05, 4.69) is 4.98 Å². The number of aryl methyl sites for hydroxylation is 2. The van der Waals surface area contributed by atoms with Gasteiger partial charge in [-0.05, 0) is 13.3 Å². The van der Waals surface area contributed by atoms with E-state index < -0.39 is 11.4 Å². The first-order valence-corrected chi connectivity index (χ1v) is 8.95. The second-order valence-corrected chi connectivity index (χ2v) is 7.07. The van der Waals surface area contributed by atoms with E-state index in [0.717, 1.165) is 5.56 Å². The Kier molecular flexibility index (Phi) is 5.60. The molecule has 0 bridgehead atoms.